The highest BCUT2D eigenvalue weighted by molar-refractivity contribution is 6.31. The molecule has 2 aromatic rings. The molecule has 0 aliphatic carbocycles. The van der Waals surface area contributed by atoms with Gasteiger partial charge in [-0.25, -0.2) is 0 Å². The molecule has 0 amide bonds. The second kappa shape index (κ2) is 4.86. The zero-order chi connectivity index (χ0) is 12.4. The van der Waals surface area contributed by atoms with Crippen molar-refractivity contribution in [3.8, 4) is 11.5 Å². The van der Waals surface area contributed by atoms with Crippen LogP contribution in [-0.4, -0.2) is 10.2 Å². The maximum atomic E-state index is 9.71. The fraction of sp³-hybridized carbons (Fsp3) is 0.0769. The van der Waals surface area contributed by atoms with Crippen molar-refractivity contribution in [1.29, 1.82) is 0 Å². The number of phenols is 2. The molecule has 0 bridgehead atoms. The lowest BCUT2D eigenvalue weighted by molar-refractivity contribution is 0.463. The molecule has 2 aromatic carbocycles. The van der Waals surface area contributed by atoms with Crippen LogP contribution in [0, 0.1) is 0 Å². The number of hydrogen-bond acceptors (Lipinski definition) is 2. The van der Waals surface area contributed by atoms with Gasteiger partial charge in [-0.05, 0) is 41.5 Å². The number of halogens is 2. The summed E-state index contributed by atoms with van der Waals surface area (Å²) in [6, 6.07) is 9.70. The summed E-state index contributed by atoms with van der Waals surface area (Å²) in [6.07, 6.45) is 0.398. The number of hydrogen-bond donors (Lipinski definition) is 2. The van der Waals surface area contributed by atoms with Gasteiger partial charge in [0.05, 0.1) is 0 Å². The molecule has 4 heteroatoms. The van der Waals surface area contributed by atoms with Crippen molar-refractivity contribution in [3.05, 3.63) is 57.6 Å². The largest absolute Gasteiger partial charge is 0.508 e. The predicted octanol–water partition coefficient (Wildman–Crippen LogP) is 4.00. The lowest BCUT2D eigenvalue weighted by Gasteiger charge is -2.07. The van der Waals surface area contributed by atoms with E-state index in [1.165, 1.54) is 12.1 Å². The Morgan fingerprint density at radius 1 is 0.765 bits per heavy atom. The molecular weight excluding hydrogens is 259 g/mol. The van der Waals surface area contributed by atoms with E-state index < -0.39 is 0 Å². The van der Waals surface area contributed by atoms with E-state index in [-0.39, 0.29) is 11.5 Å². The Bertz CT molecular complexity index is 553. The van der Waals surface area contributed by atoms with Gasteiger partial charge in [0.25, 0.3) is 0 Å². The van der Waals surface area contributed by atoms with Crippen LogP contribution in [-0.2, 0) is 6.42 Å². The van der Waals surface area contributed by atoms with E-state index in [1.54, 1.807) is 24.3 Å². The van der Waals surface area contributed by atoms with Crippen LogP contribution in [0.1, 0.15) is 11.1 Å². The van der Waals surface area contributed by atoms with Crippen LogP contribution < -0.4 is 0 Å². The van der Waals surface area contributed by atoms with E-state index in [4.69, 9.17) is 23.2 Å². The van der Waals surface area contributed by atoms with E-state index in [1.807, 2.05) is 0 Å². The summed E-state index contributed by atoms with van der Waals surface area (Å²) in [5.41, 5.74) is 1.35. The Labute approximate surface area is 109 Å². The number of aromatic hydroxyl groups is 2. The molecule has 17 heavy (non-hydrogen) atoms. The van der Waals surface area contributed by atoms with Gasteiger partial charge in [-0.3, -0.25) is 0 Å². The van der Waals surface area contributed by atoms with Crippen LogP contribution >= 0.6 is 23.2 Å². The summed E-state index contributed by atoms with van der Waals surface area (Å²) < 4.78 is 0. The molecule has 0 aliphatic rings. The van der Waals surface area contributed by atoms with Gasteiger partial charge in [-0.15, -0.1) is 0 Å². The Hall–Kier alpha value is -1.38. The van der Waals surface area contributed by atoms with Crippen LogP contribution in [0.15, 0.2) is 36.4 Å². The van der Waals surface area contributed by atoms with Crippen molar-refractivity contribution in [3.63, 3.8) is 0 Å². The first-order valence-corrected chi connectivity index (χ1v) is 5.76. The number of rotatable bonds is 2. The topological polar surface area (TPSA) is 40.5 Å². The zero-order valence-electron chi connectivity index (χ0n) is 8.82. The summed E-state index contributed by atoms with van der Waals surface area (Å²) in [5.74, 6) is 0.264. The van der Waals surface area contributed by atoms with Gasteiger partial charge in [0.2, 0.25) is 0 Å². The van der Waals surface area contributed by atoms with E-state index in [2.05, 4.69) is 0 Å². The molecule has 0 heterocycles. The molecule has 88 valence electrons. The Kier molecular flexibility index (Phi) is 3.46. The smallest absolute Gasteiger partial charge is 0.120 e. The molecule has 2 rings (SSSR count). The normalized spacial score (nSPS) is 10.5. The lowest BCUT2D eigenvalue weighted by atomic mass is 10.0. The third kappa shape index (κ3) is 2.84. The molecule has 0 aliphatic heterocycles. The first-order chi connectivity index (χ1) is 8.06. The van der Waals surface area contributed by atoms with Gasteiger partial charge in [-0.1, -0.05) is 29.3 Å². The third-order valence-electron chi connectivity index (χ3n) is 2.47. The van der Waals surface area contributed by atoms with Crippen molar-refractivity contribution >= 4 is 23.2 Å². The van der Waals surface area contributed by atoms with E-state index in [0.717, 1.165) is 0 Å². The van der Waals surface area contributed by atoms with Crippen LogP contribution in [0.5, 0.6) is 11.5 Å². The Morgan fingerprint density at radius 2 is 1.41 bits per heavy atom. The average Bonchev–Trinajstić information content (AvgIpc) is 2.27. The average molecular weight is 269 g/mol. The molecule has 0 radical (unpaired) electrons. The highest BCUT2D eigenvalue weighted by Crippen LogP contribution is 2.28. The summed E-state index contributed by atoms with van der Waals surface area (Å²) in [5, 5.41) is 20.4. The minimum Gasteiger partial charge on any atom is -0.508 e. The highest BCUT2D eigenvalue weighted by atomic mass is 35.5. The first kappa shape index (κ1) is 12.1. The van der Waals surface area contributed by atoms with Gasteiger partial charge in [0.15, 0.2) is 0 Å². The van der Waals surface area contributed by atoms with E-state index >= 15 is 0 Å². The highest BCUT2D eigenvalue weighted by Gasteiger charge is 2.07. The van der Waals surface area contributed by atoms with Gasteiger partial charge in [0, 0.05) is 16.5 Å². The lowest BCUT2D eigenvalue weighted by Crippen LogP contribution is -1.90. The minimum absolute atomic E-state index is 0.108. The fourth-order valence-electron chi connectivity index (χ4n) is 1.59. The van der Waals surface area contributed by atoms with Crippen LogP contribution in [0.25, 0.3) is 0 Å². The Balaban J connectivity index is 2.34. The molecule has 0 saturated carbocycles. The standard InChI is InChI=1S/C13H10Cl2O2/c14-10-3-4-12(16)9(6-10)5-8-1-2-11(15)7-13(8)17/h1-4,6-7,16-17H,5H2. The van der Waals surface area contributed by atoms with E-state index in [9.17, 15) is 10.2 Å². The second-order valence-electron chi connectivity index (χ2n) is 3.72. The summed E-state index contributed by atoms with van der Waals surface area (Å²) in [6.45, 7) is 0. The summed E-state index contributed by atoms with van der Waals surface area (Å²) in [4.78, 5) is 0. The molecule has 2 N–H and O–H groups in total. The fourth-order valence-corrected chi connectivity index (χ4v) is 1.95. The monoisotopic (exact) mass is 268 g/mol. The van der Waals surface area contributed by atoms with E-state index in [0.29, 0.717) is 27.6 Å². The predicted molar refractivity (Wildman–Crippen MR) is 69.0 cm³/mol. The number of phenolic OH excluding ortho intramolecular Hbond substituents is 2. The summed E-state index contributed by atoms with van der Waals surface area (Å²) in [7, 11) is 0. The maximum absolute atomic E-state index is 9.71. The van der Waals surface area contributed by atoms with Crippen molar-refractivity contribution in [2.24, 2.45) is 0 Å². The molecule has 0 spiro atoms. The molecule has 0 saturated heterocycles. The third-order valence-corrected chi connectivity index (χ3v) is 2.94. The zero-order valence-corrected chi connectivity index (χ0v) is 10.3. The van der Waals surface area contributed by atoms with Crippen molar-refractivity contribution in [2.45, 2.75) is 6.42 Å². The molecule has 0 atom stereocenters. The Morgan fingerprint density at radius 3 is 2.12 bits per heavy atom. The molecule has 0 fully saturated rings. The van der Waals surface area contributed by atoms with Gasteiger partial charge in [-0.2, -0.15) is 0 Å². The SMILES string of the molecule is Oc1cc(Cl)ccc1Cc1cc(Cl)ccc1O. The number of benzene rings is 2. The quantitative estimate of drug-likeness (QED) is 0.865. The first-order valence-electron chi connectivity index (χ1n) is 5.01. The van der Waals surface area contributed by atoms with Crippen molar-refractivity contribution < 1.29 is 10.2 Å². The molecule has 2 nitrogen and oxygen atoms in total. The van der Waals surface area contributed by atoms with Crippen LogP contribution in [0.4, 0.5) is 0 Å². The van der Waals surface area contributed by atoms with Crippen LogP contribution in [0.3, 0.4) is 0 Å². The van der Waals surface area contributed by atoms with Gasteiger partial charge in [0.1, 0.15) is 11.5 Å². The van der Waals surface area contributed by atoms with Gasteiger partial charge >= 0.3 is 0 Å². The maximum Gasteiger partial charge on any atom is 0.120 e. The molecule has 0 unspecified atom stereocenters. The van der Waals surface area contributed by atoms with Gasteiger partial charge < -0.3 is 10.2 Å². The van der Waals surface area contributed by atoms with Crippen molar-refractivity contribution in [2.75, 3.05) is 0 Å². The van der Waals surface area contributed by atoms with Crippen LogP contribution in [0.2, 0.25) is 10.0 Å². The second-order valence-corrected chi connectivity index (χ2v) is 4.60. The minimum atomic E-state index is 0.108. The molecule has 0 aromatic heterocycles. The molecular formula is C13H10Cl2O2. The van der Waals surface area contributed by atoms with Crippen molar-refractivity contribution in [1.82, 2.24) is 0 Å². The summed E-state index contributed by atoms with van der Waals surface area (Å²) >= 11 is 11.6.